The molecule has 0 saturated carbocycles. The van der Waals surface area contributed by atoms with E-state index in [1.807, 2.05) is 0 Å². The van der Waals surface area contributed by atoms with Gasteiger partial charge in [-0.05, 0) is 19.1 Å². The van der Waals surface area contributed by atoms with Gasteiger partial charge in [0.2, 0.25) is 12.0 Å². The van der Waals surface area contributed by atoms with Gasteiger partial charge in [0.05, 0.1) is 26.9 Å². The minimum absolute atomic E-state index is 0.00738. The van der Waals surface area contributed by atoms with E-state index in [1.54, 1.807) is 0 Å². The van der Waals surface area contributed by atoms with Crippen molar-refractivity contribution in [2.45, 2.75) is 68.3 Å². The number of ether oxygens (including phenoxy) is 6. The fraction of sp³-hybridized carbons (Fsp3) is 0.483. The van der Waals surface area contributed by atoms with E-state index in [4.69, 9.17) is 32.8 Å². The molecule has 3 heterocycles. The van der Waals surface area contributed by atoms with Crippen molar-refractivity contribution in [1.29, 1.82) is 0 Å². The summed E-state index contributed by atoms with van der Waals surface area (Å²) in [5, 5.41) is 82.5. The zero-order valence-corrected chi connectivity index (χ0v) is 24.2. The Balaban J connectivity index is 1.50. The number of aromatic hydroxyl groups is 2. The molecule has 0 radical (unpaired) electrons. The summed E-state index contributed by atoms with van der Waals surface area (Å²) in [4.78, 5) is 13.0. The van der Waals surface area contributed by atoms with E-state index in [2.05, 4.69) is 0 Å². The van der Waals surface area contributed by atoms with Crippen LogP contribution in [0.15, 0.2) is 39.5 Å². The molecular formula is C29H34O16. The van der Waals surface area contributed by atoms with Crippen LogP contribution in [0, 0.1) is 0 Å². The van der Waals surface area contributed by atoms with Gasteiger partial charge < -0.3 is 73.7 Å². The lowest BCUT2D eigenvalue weighted by molar-refractivity contribution is -0.354. The molecule has 0 aliphatic carbocycles. The predicted octanol–water partition coefficient (Wildman–Crippen LogP) is -1.08. The van der Waals surface area contributed by atoms with Crippen molar-refractivity contribution in [3.05, 3.63) is 40.6 Å². The third-order valence-corrected chi connectivity index (χ3v) is 7.72. The molecule has 246 valence electrons. The van der Waals surface area contributed by atoms with Crippen LogP contribution in [0.3, 0.4) is 0 Å². The number of hydrogen-bond acceptors (Lipinski definition) is 16. The monoisotopic (exact) mass is 638 g/mol. The Morgan fingerprint density at radius 1 is 0.800 bits per heavy atom. The number of phenolic OH excluding ortho intramolecular Hbond substituents is 2. The third kappa shape index (κ3) is 6.11. The Morgan fingerprint density at radius 2 is 1.47 bits per heavy atom. The third-order valence-electron chi connectivity index (χ3n) is 7.72. The fourth-order valence-corrected chi connectivity index (χ4v) is 5.20. The smallest absolute Gasteiger partial charge is 0.229 e. The molecule has 10 atom stereocenters. The van der Waals surface area contributed by atoms with Crippen LogP contribution >= 0.6 is 0 Å². The van der Waals surface area contributed by atoms with E-state index in [1.165, 1.54) is 39.3 Å². The summed E-state index contributed by atoms with van der Waals surface area (Å²) in [5.41, 5.74) is -0.498. The van der Waals surface area contributed by atoms with Crippen LogP contribution in [-0.4, -0.2) is 123 Å². The minimum atomic E-state index is -1.78. The molecule has 45 heavy (non-hydrogen) atoms. The van der Waals surface area contributed by atoms with Gasteiger partial charge in [0, 0.05) is 23.8 Å². The van der Waals surface area contributed by atoms with Crippen LogP contribution in [-0.2, 0) is 14.2 Å². The Bertz CT molecular complexity index is 1550. The van der Waals surface area contributed by atoms with Crippen molar-refractivity contribution in [3.8, 4) is 40.1 Å². The predicted molar refractivity (Wildman–Crippen MR) is 150 cm³/mol. The first-order valence-corrected chi connectivity index (χ1v) is 13.8. The highest BCUT2D eigenvalue weighted by Crippen LogP contribution is 2.41. The Kier molecular flexibility index (Phi) is 9.41. The summed E-state index contributed by atoms with van der Waals surface area (Å²) in [6.45, 7) is 0.675. The lowest BCUT2D eigenvalue weighted by Gasteiger charge is -2.45. The topological polar surface area (TPSA) is 247 Å². The lowest BCUT2D eigenvalue weighted by Crippen LogP contribution is -2.64. The lowest BCUT2D eigenvalue weighted by atomic mass is 9.97. The molecule has 3 aromatic rings. The maximum absolute atomic E-state index is 13.0. The number of methoxy groups -OCH3 is 2. The molecule has 0 unspecified atom stereocenters. The van der Waals surface area contributed by atoms with Gasteiger partial charge in [0.15, 0.2) is 29.3 Å². The second kappa shape index (κ2) is 13.0. The normalized spacial score (nSPS) is 31.9. The fourth-order valence-electron chi connectivity index (χ4n) is 5.20. The van der Waals surface area contributed by atoms with Crippen LogP contribution in [0.1, 0.15) is 6.92 Å². The van der Waals surface area contributed by atoms with Gasteiger partial charge in [0.25, 0.3) is 0 Å². The molecule has 1 aromatic heterocycles. The van der Waals surface area contributed by atoms with E-state index in [0.29, 0.717) is 0 Å². The zero-order chi connectivity index (χ0) is 32.7. The van der Waals surface area contributed by atoms with Crippen molar-refractivity contribution in [3.63, 3.8) is 0 Å². The summed E-state index contributed by atoms with van der Waals surface area (Å²) >= 11 is 0. The van der Waals surface area contributed by atoms with Crippen molar-refractivity contribution in [2.75, 3.05) is 20.8 Å². The highest BCUT2D eigenvalue weighted by molar-refractivity contribution is 5.86. The first-order chi connectivity index (χ1) is 21.4. The van der Waals surface area contributed by atoms with Crippen molar-refractivity contribution >= 4 is 11.0 Å². The van der Waals surface area contributed by atoms with E-state index < -0.39 is 79.2 Å². The molecule has 2 aromatic carbocycles. The first kappa shape index (κ1) is 32.7. The Hall–Kier alpha value is -3.71. The molecule has 2 fully saturated rings. The summed E-state index contributed by atoms with van der Waals surface area (Å²) in [6, 6.07) is 6.22. The summed E-state index contributed by atoms with van der Waals surface area (Å²) in [5.74, 6) is -0.912. The van der Waals surface area contributed by atoms with E-state index >= 15 is 0 Å². The van der Waals surface area contributed by atoms with Gasteiger partial charge >= 0.3 is 0 Å². The zero-order valence-electron chi connectivity index (χ0n) is 24.2. The quantitative estimate of drug-likeness (QED) is 0.146. The van der Waals surface area contributed by atoms with Crippen LogP contribution < -0.4 is 19.6 Å². The highest BCUT2D eigenvalue weighted by atomic mass is 16.8. The Morgan fingerprint density at radius 3 is 2.09 bits per heavy atom. The van der Waals surface area contributed by atoms with Gasteiger partial charge in [-0.25, -0.2) is 0 Å². The molecule has 16 nitrogen and oxygen atoms in total. The molecule has 2 saturated heterocycles. The largest absolute Gasteiger partial charge is 0.507 e. The highest BCUT2D eigenvalue weighted by Gasteiger charge is 2.51. The van der Waals surface area contributed by atoms with Crippen LogP contribution in [0.5, 0.6) is 28.7 Å². The number of benzene rings is 2. The van der Waals surface area contributed by atoms with E-state index in [0.717, 1.165) is 12.1 Å². The maximum atomic E-state index is 13.0. The second-order valence-electron chi connectivity index (χ2n) is 10.6. The van der Waals surface area contributed by atoms with Crippen molar-refractivity contribution in [1.82, 2.24) is 0 Å². The maximum Gasteiger partial charge on any atom is 0.229 e. The van der Waals surface area contributed by atoms with E-state index in [-0.39, 0.29) is 45.3 Å². The number of rotatable bonds is 8. The number of aliphatic hydroxyl groups excluding tert-OH is 6. The summed E-state index contributed by atoms with van der Waals surface area (Å²) in [6.07, 6.45) is -15.6. The average Bonchev–Trinajstić information content (AvgIpc) is 3.01. The standard InChI is InChI=1S/C29H34O16/c1-10-21(33)24(36)26(38)28(41-10)45-27-25(37)23(35)19(9-30)44-29(27)42-12-6-13(31)20-14(32)8-15(43-16(20)7-12)11-4-17(39-2)22(34)18(5-11)40-3/h4-8,10,19,21,23-31,33-38H,9H2,1-3H3/t10-,19-,21-,23-,24+,25+,26+,27-,28-,29+/m1/s1. The van der Waals surface area contributed by atoms with Crippen LogP contribution in [0.4, 0.5) is 0 Å². The molecule has 2 aliphatic heterocycles. The van der Waals surface area contributed by atoms with Crippen molar-refractivity contribution < 1.29 is 73.7 Å². The van der Waals surface area contributed by atoms with Gasteiger partial charge in [-0.15, -0.1) is 0 Å². The number of phenols is 2. The first-order valence-electron chi connectivity index (χ1n) is 13.8. The molecule has 0 spiro atoms. The SMILES string of the molecule is COc1cc(-c2cc(=O)c3c(O)cc(O[C@H]4O[C@H](CO)[C@@H](O)[C@H](O)[C@H]4O[C@H]4O[C@H](C)[C@@H](O)[C@H](O)[C@@H]4O)cc3o2)cc(OC)c1O. The van der Waals surface area contributed by atoms with E-state index in [9.17, 15) is 45.6 Å². The van der Waals surface area contributed by atoms with Gasteiger partial charge in [0.1, 0.15) is 64.9 Å². The number of fused-ring (bicyclic) bond motifs is 1. The van der Waals surface area contributed by atoms with Gasteiger partial charge in [-0.2, -0.15) is 0 Å². The molecule has 8 N–H and O–H groups in total. The molecule has 0 amide bonds. The van der Waals surface area contributed by atoms with Crippen LogP contribution in [0.2, 0.25) is 0 Å². The second-order valence-corrected chi connectivity index (χ2v) is 10.6. The van der Waals surface area contributed by atoms with Crippen LogP contribution in [0.25, 0.3) is 22.3 Å². The molecule has 16 heteroatoms. The average molecular weight is 639 g/mol. The summed E-state index contributed by atoms with van der Waals surface area (Å²) in [7, 11) is 2.65. The molecule has 0 bridgehead atoms. The minimum Gasteiger partial charge on any atom is -0.507 e. The van der Waals surface area contributed by atoms with Crippen molar-refractivity contribution in [2.24, 2.45) is 0 Å². The summed E-state index contributed by atoms with van der Waals surface area (Å²) < 4.78 is 38.9. The molecular weight excluding hydrogens is 604 g/mol. The molecule has 2 aliphatic rings. The van der Waals surface area contributed by atoms with Gasteiger partial charge in [-0.1, -0.05) is 0 Å². The number of hydrogen-bond donors (Lipinski definition) is 8. The Labute approximate surface area is 254 Å². The number of aliphatic hydroxyl groups is 6. The molecule has 5 rings (SSSR count). The van der Waals surface area contributed by atoms with Gasteiger partial charge in [-0.3, -0.25) is 4.79 Å².